The standard InChI is InChI=1S/C53H36N4/c1-5-16-36(17-6-1)48(49(37-18-7-2-8-19-37)53-55-51(39-20-9-3-10-21-39)54-52(56-53)40-22-11-4-12-23-40)38-30-28-35(29-31-38)41-32-33-43-45-26-15-25-44-42-24-13-14-27-46(42)57(50(44)45)47(43)34-41/h1-34,43,47H/b49-48-. The van der Waals surface area contributed by atoms with Gasteiger partial charge in [0.1, 0.15) is 0 Å². The van der Waals surface area contributed by atoms with Gasteiger partial charge in [-0.2, -0.15) is 0 Å². The second-order valence-corrected chi connectivity index (χ2v) is 14.7. The maximum Gasteiger partial charge on any atom is 0.165 e. The molecular formula is C53H36N4. The third-order valence-corrected chi connectivity index (χ3v) is 11.4. The Labute approximate surface area is 331 Å². The Bertz CT molecular complexity index is 2980. The fourth-order valence-electron chi connectivity index (χ4n) is 8.84. The van der Waals surface area contributed by atoms with Crippen molar-refractivity contribution >= 4 is 38.5 Å². The van der Waals surface area contributed by atoms with Gasteiger partial charge in [0.2, 0.25) is 0 Å². The second-order valence-electron chi connectivity index (χ2n) is 14.7. The minimum absolute atomic E-state index is 0.218. The first-order valence-electron chi connectivity index (χ1n) is 19.5. The normalized spacial score (nSPS) is 16.0. The van der Waals surface area contributed by atoms with Crippen LogP contribution in [0.2, 0.25) is 0 Å². The van der Waals surface area contributed by atoms with Crippen LogP contribution in [-0.2, 0) is 0 Å². The summed E-state index contributed by atoms with van der Waals surface area (Å²) in [5, 5.41) is 2.66. The lowest BCUT2D eigenvalue weighted by Gasteiger charge is -2.23. The van der Waals surface area contributed by atoms with Crippen molar-refractivity contribution in [2.24, 2.45) is 0 Å². The Morgan fingerprint density at radius 1 is 0.439 bits per heavy atom. The number of para-hydroxylation sites is 2. The molecule has 1 aliphatic carbocycles. The molecular weight excluding hydrogens is 693 g/mol. The predicted octanol–water partition coefficient (Wildman–Crippen LogP) is 12.6. The molecule has 0 radical (unpaired) electrons. The van der Waals surface area contributed by atoms with Crippen molar-refractivity contribution in [2.45, 2.75) is 12.0 Å². The summed E-state index contributed by atoms with van der Waals surface area (Å²) >= 11 is 0. The minimum atomic E-state index is 0.218. The van der Waals surface area contributed by atoms with Gasteiger partial charge < -0.3 is 4.57 Å². The van der Waals surface area contributed by atoms with E-state index in [2.05, 4.69) is 174 Å². The minimum Gasteiger partial charge on any atom is -0.332 e. The van der Waals surface area contributed by atoms with Crippen LogP contribution in [0.3, 0.4) is 0 Å². The van der Waals surface area contributed by atoms with Crippen LogP contribution >= 0.6 is 0 Å². The molecule has 9 aromatic rings. The molecule has 4 heteroatoms. The molecule has 0 N–H and O–H groups in total. The van der Waals surface area contributed by atoms with E-state index in [0.717, 1.165) is 39.0 Å². The molecule has 268 valence electrons. The smallest absolute Gasteiger partial charge is 0.165 e. The molecule has 1 aliphatic heterocycles. The fraction of sp³-hybridized carbons (Fsp3) is 0.0377. The van der Waals surface area contributed by atoms with Gasteiger partial charge in [0, 0.05) is 44.5 Å². The number of benzene rings is 7. The van der Waals surface area contributed by atoms with Gasteiger partial charge in [-0.15, -0.1) is 0 Å². The van der Waals surface area contributed by atoms with Gasteiger partial charge in [0.05, 0.1) is 11.6 Å². The molecule has 0 fully saturated rings. The van der Waals surface area contributed by atoms with Crippen LogP contribution in [0.4, 0.5) is 0 Å². The summed E-state index contributed by atoms with van der Waals surface area (Å²) in [6.45, 7) is 0. The molecule has 11 rings (SSSR count). The van der Waals surface area contributed by atoms with Crippen LogP contribution in [-0.4, -0.2) is 19.5 Å². The summed E-state index contributed by atoms with van der Waals surface area (Å²) < 4.78 is 2.56. The number of nitrogens with zero attached hydrogens (tertiary/aromatic N) is 4. The molecule has 57 heavy (non-hydrogen) atoms. The summed E-state index contributed by atoms with van der Waals surface area (Å²) in [4.78, 5) is 15.5. The molecule has 0 amide bonds. The summed E-state index contributed by atoms with van der Waals surface area (Å²) in [6, 6.07) is 66.3. The number of aromatic nitrogens is 4. The molecule has 2 aromatic heterocycles. The zero-order chi connectivity index (χ0) is 37.7. The van der Waals surface area contributed by atoms with E-state index >= 15 is 0 Å². The lowest BCUT2D eigenvalue weighted by molar-refractivity contribution is 0.617. The van der Waals surface area contributed by atoms with Gasteiger partial charge in [-0.25, -0.2) is 15.0 Å². The number of allylic oxidation sites excluding steroid dienone is 4. The Morgan fingerprint density at radius 2 is 0.982 bits per heavy atom. The van der Waals surface area contributed by atoms with Crippen LogP contribution < -0.4 is 0 Å². The van der Waals surface area contributed by atoms with Crippen molar-refractivity contribution in [3.63, 3.8) is 0 Å². The molecule has 2 aliphatic rings. The molecule has 3 heterocycles. The monoisotopic (exact) mass is 728 g/mol. The number of fused-ring (bicyclic) bond motifs is 6. The maximum absolute atomic E-state index is 5.25. The van der Waals surface area contributed by atoms with Gasteiger partial charge in [-0.3, -0.25) is 0 Å². The summed E-state index contributed by atoms with van der Waals surface area (Å²) in [5.41, 5.74) is 13.5. The highest BCUT2D eigenvalue weighted by atomic mass is 15.1. The van der Waals surface area contributed by atoms with Gasteiger partial charge in [-0.1, -0.05) is 200 Å². The lowest BCUT2D eigenvalue weighted by Crippen LogP contribution is -2.10. The topological polar surface area (TPSA) is 43.6 Å². The lowest BCUT2D eigenvalue weighted by atomic mass is 9.85. The van der Waals surface area contributed by atoms with Crippen molar-refractivity contribution < 1.29 is 0 Å². The van der Waals surface area contributed by atoms with Gasteiger partial charge in [0.15, 0.2) is 17.5 Å². The van der Waals surface area contributed by atoms with E-state index < -0.39 is 0 Å². The zero-order valence-electron chi connectivity index (χ0n) is 31.1. The molecule has 0 spiro atoms. The predicted molar refractivity (Wildman–Crippen MR) is 233 cm³/mol. The first-order valence-corrected chi connectivity index (χ1v) is 19.5. The van der Waals surface area contributed by atoms with Gasteiger partial charge >= 0.3 is 0 Å². The maximum atomic E-state index is 5.25. The van der Waals surface area contributed by atoms with E-state index in [-0.39, 0.29) is 6.04 Å². The second kappa shape index (κ2) is 13.7. The van der Waals surface area contributed by atoms with E-state index in [4.69, 9.17) is 15.0 Å². The Kier molecular flexibility index (Phi) is 7.92. The highest BCUT2D eigenvalue weighted by Gasteiger charge is 2.35. The van der Waals surface area contributed by atoms with E-state index in [1.165, 1.54) is 38.5 Å². The van der Waals surface area contributed by atoms with Crippen LogP contribution in [0.5, 0.6) is 0 Å². The van der Waals surface area contributed by atoms with Crippen molar-refractivity contribution in [2.75, 3.05) is 0 Å². The average molecular weight is 729 g/mol. The largest absolute Gasteiger partial charge is 0.332 e. The molecule has 0 saturated heterocycles. The highest BCUT2D eigenvalue weighted by Crippen LogP contribution is 2.50. The van der Waals surface area contributed by atoms with Gasteiger partial charge in [0.25, 0.3) is 0 Å². The Morgan fingerprint density at radius 3 is 1.63 bits per heavy atom. The molecule has 4 nitrogen and oxygen atoms in total. The van der Waals surface area contributed by atoms with Gasteiger partial charge in [-0.05, 0) is 39.5 Å². The molecule has 2 atom stereocenters. The van der Waals surface area contributed by atoms with E-state index in [9.17, 15) is 0 Å². The van der Waals surface area contributed by atoms with Crippen molar-refractivity contribution in [1.29, 1.82) is 0 Å². The van der Waals surface area contributed by atoms with E-state index in [0.29, 0.717) is 23.4 Å². The third-order valence-electron chi connectivity index (χ3n) is 11.4. The Hall–Kier alpha value is -7.43. The fourth-order valence-corrected chi connectivity index (χ4v) is 8.84. The van der Waals surface area contributed by atoms with E-state index in [1.54, 1.807) is 0 Å². The van der Waals surface area contributed by atoms with Crippen LogP contribution in [0.1, 0.15) is 45.6 Å². The van der Waals surface area contributed by atoms with Crippen molar-refractivity contribution in [1.82, 2.24) is 19.5 Å². The third kappa shape index (κ3) is 5.65. The molecule has 2 unspecified atom stereocenters. The molecule has 0 bridgehead atoms. The van der Waals surface area contributed by atoms with Crippen molar-refractivity contribution in [3.05, 3.63) is 240 Å². The number of hydrogen-bond donors (Lipinski definition) is 0. The molecule has 7 aromatic carbocycles. The number of rotatable bonds is 7. The average Bonchev–Trinajstić information content (AvgIpc) is 3.82. The summed E-state index contributed by atoms with van der Waals surface area (Å²) in [5.74, 6) is 2.20. The first kappa shape index (κ1) is 33.0. The zero-order valence-corrected chi connectivity index (χ0v) is 31.1. The summed E-state index contributed by atoms with van der Waals surface area (Å²) in [6.07, 6.45) is 7.19. The van der Waals surface area contributed by atoms with Crippen LogP contribution in [0.15, 0.2) is 206 Å². The van der Waals surface area contributed by atoms with E-state index in [1.807, 2.05) is 36.4 Å². The quantitative estimate of drug-likeness (QED) is 0.153. The van der Waals surface area contributed by atoms with Crippen LogP contribution in [0.25, 0.3) is 61.3 Å². The molecule has 0 saturated carbocycles. The summed E-state index contributed by atoms with van der Waals surface area (Å²) in [7, 11) is 0. The SMILES string of the molecule is C1=CC2c3cccc4c5ccccc5n(c34)C2C=C1c1ccc(/C(=C(/c2ccccc2)c2nc(-c3ccccc3)nc(-c3ccccc3)n2)c2ccccc2)cc1. The van der Waals surface area contributed by atoms with Crippen LogP contribution in [0, 0.1) is 0 Å². The van der Waals surface area contributed by atoms with Crippen molar-refractivity contribution in [3.8, 4) is 22.8 Å². The number of hydrogen-bond acceptors (Lipinski definition) is 3. The highest BCUT2D eigenvalue weighted by molar-refractivity contribution is 6.10. The first-order chi connectivity index (χ1) is 28.3. The Balaban J connectivity index is 1.08.